The number of carbonyl (C=O) groups is 1. The largest absolute Gasteiger partial charge is 0.395 e. The highest BCUT2D eigenvalue weighted by Gasteiger charge is 2.11. The Kier molecular flexibility index (Phi) is 7.87. The normalized spacial score (nSPS) is 10.8. The number of benzene rings is 1. The van der Waals surface area contributed by atoms with Gasteiger partial charge in [0.25, 0.3) is 0 Å². The Morgan fingerprint density at radius 2 is 2.10 bits per heavy atom. The van der Waals surface area contributed by atoms with Gasteiger partial charge in [-0.25, -0.2) is 0 Å². The van der Waals surface area contributed by atoms with Gasteiger partial charge < -0.3 is 15.2 Å². The van der Waals surface area contributed by atoms with E-state index in [1.165, 1.54) is 0 Å². The van der Waals surface area contributed by atoms with Crippen LogP contribution in [0.15, 0.2) is 24.3 Å². The molecule has 0 bridgehead atoms. The Labute approximate surface area is 120 Å². The van der Waals surface area contributed by atoms with Gasteiger partial charge in [0.1, 0.15) is 0 Å². The number of hydrogen-bond donors (Lipinski definition) is 2. The van der Waals surface area contributed by atoms with Gasteiger partial charge in [-0.3, -0.25) is 9.69 Å². The van der Waals surface area contributed by atoms with Crippen molar-refractivity contribution in [2.45, 2.75) is 13.3 Å². The lowest BCUT2D eigenvalue weighted by Crippen LogP contribution is -2.37. The number of hydrogen-bond acceptors (Lipinski definition) is 4. The molecule has 0 aliphatic heterocycles. The lowest BCUT2D eigenvalue weighted by molar-refractivity contribution is -0.117. The highest BCUT2D eigenvalue weighted by Crippen LogP contribution is 2.15. The lowest BCUT2D eigenvalue weighted by Gasteiger charge is -2.20. The number of aliphatic hydroxyl groups excluding tert-OH is 1. The molecule has 0 heterocycles. The number of aliphatic hydroxyl groups is 1. The molecule has 0 aliphatic carbocycles. The maximum absolute atomic E-state index is 12.1. The zero-order chi connectivity index (χ0) is 14.8. The van der Waals surface area contributed by atoms with E-state index in [9.17, 15) is 4.79 Å². The Hall–Kier alpha value is -1.43. The molecule has 1 rings (SSSR count). The predicted molar refractivity (Wildman–Crippen MR) is 79.9 cm³/mol. The summed E-state index contributed by atoms with van der Waals surface area (Å²) in [5.41, 5.74) is 1.97. The molecule has 5 nitrogen and oxygen atoms in total. The van der Waals surface area contributed by atoms with E-state index in [1.807, 2.05) is 29.2 Å². The maximum Gasteiger partial charge on any atom is 0.238 e. The third-order valence-electron chi connectivity index (χ3n) is 3.07. The molecule has 2 N–H and O–H groups in total. The summed E-state index contributed by atoms with van der Waals surface area (Å²) in [6, 6.07) is 7.78. The number of aryl methyl sites for hydroxylation is 1. The van der Waals surface area contributed by atoms with Crippen molar-refractivity contribution in [1.29, 1.82) is 0 Å². The van der Waals surface area contributed by atoms with E-state index in [0.29, 0.717) is 19.7 Å². The molecule has 0 atom stereocenters. The first kappa shape index (κ1) is 16.6. The van der Waals surface area contributed by atoms with Crippen molar-refractivity contribution in [2.75, 3.05) is 45.3 Å². The minimum atomic E-state index is -0.0737. The van der Waals surface area contributed by atoms with Crippen LogP contribution in [0.5, 0.6) is 0 Å². The average Bonchev–Trinajstić information content (AvgIpc) is 2.45. The first-order chi connectivity index (χ1) is 9.71. The van der Waals surface area contributed by atoms with E-state index in [1.54, 1.807) is 7.11 Å². The molecule has 5 heteroatoms. The molecule has 1 amide bonds. The monoisotopic (exact) mass is 280 g/mol. The van der Waals surface area contributed by atoms with E-state index in [0.717, 1.165) is 17.7 Å². The topological polar surface area (TPSA) is 61.8 Å². The molecule has 0 aliphatic rings. The number of methoxy groups -OCH3 is 1. The fourth-order valence-corrected chi connectivity index (χ4v) is 1.98. The molecule has 1 aromatic rings. The Morgan fingerprint density at radius 1 is 1.35 bits per heavy atom. The van der Waals surface area contributed by atoms with Gasteiger partial charge in [0.05, 0.1) is 19.8 Å². The zero-order valence-corrected chi connectivity index (χ0v) is 12.3. The van der Waals surface area contributed by atoms with Gasteiger partial charge in [-0.1, -0.05) is 25.1 Å². The molecule has 112 valence electrons. The van der Waals surface area contributed by atoms with Crippen LogP contribution in [0.4, 0.5) is 5.69 Å². The summed E-state index contributed by atoms with van der Waals surface area (Å²) in [6.07, 6.45) is 0.875. The third kappa shape index (κ3) is 5.69. The van der Waals surface area contributed by atoms with Crippen LogP contribution in [0.25, 0.3) is 0 Å². The number of anilines is 1. The van der Waals surface area contributed by atoms with E-state index < -0.39 is 0 Å². The summed E-state index contributed by atoms with van der Waals surface area (Å²) < 4.78 is 5.00. The molecule has 0 saturated heterocycles. The summed E-state index contributed by atoms with van der Waals surface area (Å²) in [5.74, 6) is -0.0737. The molecule has 0 spiro atoms. The Balaban J connectivity index is 2.56. The quantitative estimate of drug-likeness (QED) is 0.712. The lowest BCUT2D eigenvalue weighted by atomic mass is 10.1. The first-order valence-corrected chi connectivity index (χ1v) is 6.91. The summed E-state index contributed by atoms with van der Waals surface area (Å²) in [6.45, 7) is 3.97. The van der Waals surface area contributed by atoms with Crippen LogP contribution in [-0.4, -0.2) is 55.9 Å². The van der Waals surface area contributed by atoms with Crippen molar-refractivity contribution < 1.29 is 14.6 Å². The standard InChI is InChI=1S/C15H24N2O3/c1-3-13-6-4-5-7-14(13)16-15(19)12-17(8-10-18)9-11-20-2/h4-7,18H,3,8-12H2,1-2H3,(H,16,19). The molecule has 0 unspecified atom stereocenters. The third-order valence-corrected chi connectivity index (χ3v) is 3.07. The van der Waals surface area contributed by atoms with Crippen molar-refractivity contribution in [3.05, 3.63) is 29.8 Å². The van der Waals surface area contributed by atoms with Crippen molar-refractivity contribution in [3.8, 4) is 0 Å². The van der Waals surface area contributed by atoms with Crippen LogP contribution in [0.2, 0.25) is 0 Å². The SMILES string of the molecule is CCc1ccccc1NC(=O)CN(CCO)CCOC. The van der Waals surface area contributed by atoms with Gasteiger partial charge in [-0.2, -0.15) is 0 Å². The van der Waals surface area contributed by atoms with Gasteiger partial charge in [-0.15, -0.1) is 0 Å². The number of carbonyl (C=O) groups excluding carboxylic acids is 1. The summed E-state index contributed by atoms with van der Waals surface area (Å²) in [5, 5.41) is 11.9. The van der Waals surface area contributed by atoms with Crippen LogP contribution in [0.3, 0.4) is 0 Å². The fourth-order valence-electron chi connectivity index (χ4n) is 1.98. The maximum atomic E-state index is 12.1. The number of nitrogens with one attached hydrogen (secondary N) is 1. The minimum Gasteiger partial charge on any atom is -0.395 e. The fraction of sp³-hybridized carbons (Fsp3) is 0.533. The van der Waals surface area contributed by atoms with Gasteiger partial charge in [0.2, 0.25) is 5.91 Å². The molecule has 0 fully saturated rings. The number of rotatable bonds is 9. The van der Waals surface area contributed by atoms with Crippen molar-refractivity contribution in [1.82, 2.24) is 4.90 Å². The van der Waals surface area contributed by atoms with Crippen molar-refractivity contribution in [3.63, 3.8) is 0 Å². The van der Waals surface area contributed by atoms with Crippen molar-refractivity contribution >= 4 is 11.6 Å². The molecule has 0 aromatic heterocycles. The number of nitrogens with zero attached hydrogens (tertiary/aromatic N) is 1. The molecule has 1 aromatic carbocycles. The van der Waals surface area contributed by atoms with Crippen LogP contribution in [-0.2, 0) is 16.0 Å². The summed E-state index contributed by atoms with van der Waals surface area (Å²) >= 11 is 0. The van der Waals surface area contributed by atoms with E-state index in [4.69, 9.17) is 9.84 Å². The molecule has 0 radical (unpaired) electrons. The van der Waals surface area contributed by atoms with E-state index in [2.05, 4.69) is 12.2 Å². The highest BCUT2D eigenvalue weighted by molar-refractivity contribution is 5.93. The van der Waals surface area contributed by atoms with Gasteiger partial charge in [-0.05, 0) is 18.1 Å². The average molecular weight is 280 g/mol. The van der Waals surface area contributed by atoms with Crippen LogP contribution < -0.4 is 5.32 Å². The van der Waals surface area contributed by atoms with E-state index in [-0.39, 0.29) is 19.1 Å². The highest BCUT2D eigenvalue weighted by atomic mass is 16.5. The zero-order valence-electron chi connectivity index (χ0n) is 12.3. The first-order valence-electron chi connectivity index (χ1n) is 6.91. The van der Waals surface area contributed by atoms with Gasteiger partial charge in [0, 0.05) is 25.9 Å². The van der Waals surface area contributed by atoms with Crippen LogP contribution in [0, 0.1) is 0 Å². The Bertz CT molecular complexity index is 410. The molecule has 20 heavy (non-hydrogen) atoms. The van der Waals surface area contributed by atoms with Gasteiger partial charge in [0.15, 0.2) is 0 Å². The van der Waals surface area contributed by atoms with Crippen LogP contribution >= 0.6 is 0 Å². The molecule has 0 saturated carbocycles. The smallest absolute Gasteiger partial charge is 0.238 e. The summed E-state index contributed by atoms with van der Waals surface area (Å²) in [7, 11) is 1.62. The number of amides is 1. The molecular weight excluding hydrogens is 256 g/mol. The number of para-hydroxylation sites is 1. The van der Waals surface area contributed by atoms with E-state index >= 15 is 0 Å². The summed E-state index contributed by atoms with van der Waals surface area (Å²) in [4.78, 5) is 13.9. The van der Waals surface area contributed by atoms with Crippen LogP contribution in [0.1, 0.15) is 12.5 Å². The molecular formula is C15H24N2O3. The second kappa shape index (κ2) is 9.47. The van der Waals surface area contributed by atoms with Gasteiger partial charge >= 0.3 is 0 Å². The Morgan fingerprint density at radius 3 is 2.75 bits per heavy atom. The second-order valence-electron chi connectivity index (χ2n) is 4.55. The second-order valence-corrected chi connectivity index (χ2v) is 4.55. The predicted octanol–water partition coefficient (Wildman–Crippen LogP) is 1.13. The van der Waals surface area contributed by atoms with Crippen molar-refractivity contribution in [2.24, 2.45) is 0 Å². The number of ether oxygens (including phenoxy) is 1. The minimum absolute atomic E-state index is 0.0303.